The molecular formula is C30H42N4O5. The van der Waals surface area contributed by atoms with Gasteiger partial charge in [-0.2, -0.15) is 0 Å². The van der Waals surface area contributed by atoms with E-state index in [2.05, 4.69) is 10.6 Å². The first-order valence-corrected chi connectivity index (χ1v) is 13.0. The van der Waals surface area contributed by atoms with Crippen molar-refractivity contribution in [2.24, 2.45) is 5.73 Å². The Morgan fingerprint density at radius 2 is 1.54 bits per heavy atom. The van der Waals surface area contributed by atoms with Crippen molar-refractivity contribution in [1.29, 1.82) is 0 Å². The molecule has 0 saturated carbocycles. The van der Waals surface area contributed by atoms with Gasteiger partial charge in [0.2, 0.25) is 17.7 Å². The van der Waals surface area contributed by atoms with Gasteiger partial charge in [-0.25, -0.2) is 4.79 Å². The van der Waals surface area contributed by atoms with E-state index in [0.29, 0.717) is 5.56 Å². The van der Waals surface area contributed by atoms with E-state index in [1.807, 2.05) is 62.4 Å². The van der Waals surface area contributed by atoms with E-state index in [1.54, 1.807) is 41.5 Å². The highest BCUT2D eigenvalue weighted by atomic mass is 16.6. The molecule has 39 heavy (non-hydrogen) atoms. The molecule has 0 bridgehead atoms. The Hall–Kier alpha value is -3.88. The maximum atomic E-state index is 14.1. The third-order valence-electron chi connectivity index (χ3n) is 6.02. The standard InChI is InChI=1S/C30H42N4O5/c1-19-14-15-22(16-20(19)2)25(26(36)32-18-21-12-10-9-11-13-21)34(29(3,4)5)27(37)23(17-24(31)35)33-28(38)39-30(6,7)8/h9-16,23,25H,17-18H2,1-8H3,(H2,31,35)(H,32,36)(H,33,38). The molecule has 9 heteroatoms. The van der Waals surface area contributed by atoms with Gasteiger partial charge in [0, 0.05) is 12.1 Å². The molecule has 0 aliphatic rings. The van der Waals surface area contributed by atoms with Crippen LogP contribution in [-0.4, -0.2) is 45.9 Å². The van der Waals surface area contributed by atoms with E-state index in [9.17, 15) is 19.2 Å². The summed E-state index contributed by atoms with van der Waals surface area (Å²) in [6.45, 7) is 14.6. The molecule has 2 aromatic carbocycles. The van der Waals surface area contributed by atoms with Crippen LogP contribution < -0.4 is 16.4 Å². The van der Waals surface area contributed by atoms with Crippen LogP contribution in [0.1, 0.15) is 76.3 Å². The molecule has 2 rings (SSSR count). The van der Waals surface area contributed by atoms with Gasteiger partial charge in [0.1, 0.15) is 17.7 Å². The Bertz CT molecular complexity index is 1180. The topological polar surface area (TPSA) is 131 Å². The van der Waals surface area contributed by atoms with E-state index < -0.39 is 53.5 Å². The Kier molecular flexibility index (Phi) is 10.3. The van der Waals surface area contributed by atoms with Crippen LogP contribution in [0.4, 0.5) is 4.79 Å². The summed E-state index contributed by atoms with van der Waals surface area (Å²) in [4.78, 5) is 54.0. The molecule has 0 aliphatic heterocycles. The highest BCUT2D eigenvalue weighted by Gasteiger charge is 2.42. The highest BCUT2D eigenvalue weighted by molar-refractivity contribution is 5.95. The average molecular weight is 539 g/mol. The first kappa shape index (κ1) is 31.3. The minimum atomic E-state index is -1.34. The molecule has 212 valence electrons. The maximum absolute atomic E-state index is 14.1. The zero-order valence-electron chi connectivity index (χ0n) is 24.3. The molecule has 0 aromatic heterocycles. The summed E-state index contributed by atoms with van der Waals surface area (Å²) in [5.41, 5.74) is 7.23. The molecule has 9 nitrogen and oxygen atoms in total. The van der Waals surface area contributed by atoms with Crippen LogP contribution in [0.25, 0.3) is 0 Å². The monoisotopic (exact) mass is 538 g/mol. The fourth-order valence-electron chi connectivity index (χ4n) is 4.10. The summed E-state index contributed by atoms with van der Waals surface area (Å²) in [5.74, 6) is -1.82. The van der Waals surface area contributed by atoms with Gasteiger partial charge in [-0.15, -0.1) is 0 Å². The number of amides is 4. The number of benzene rings is 2. The Labute approximate surface area is 231 Å². The number of nitrogens with one attached hydrogen (secondary N) is 2. The first-order chi connectivity index (χ1) is 18.0. The van der Waals surface area contributed by atoms with Gasteiger partial charge < -0.3 is 26.0 Å². The van der Waals surface area contributed by atoms with Crippen LogP contribution >= 0.6 is 0 Å². The predicted octanol–water partition coefficient (Wildman–Crippen LogP) is 4.06. The Balaban J connectivity index is 2.56. The second kappa shape index (κ2) is 12.8. The summed E-state index contributed by atoms with van der Waals surface area (Å²) in [5, 5.41) is 5.45. The molecule has 0 heterocycles. The van der Waals surface area contributed by atoms with Crippen LogP contribution in [0.5, 0.6) is 0 Å². The molecule has 4 N–H and O–H groups in total. The third kappa shape index (κ3) is 9.42. The number of primary amides is 1. The Morgan fingerprint density at radius 1 is 0.923 bits per heavy atom. The van der Waals surface area contributed by atoms with Gasteiger partial charge in [-0.3, -0.25) is 14.4 Å². The van der Waals surface area contributed by atoms with Crippen molar-refractivity contribution in [2.75, 3.05) is 0 Å². The van der Waals surface area contributed by atoms with Crippen molar-refractivity contribution in [1.82, 2.24) is 15.5 Å². The molecule has 0 fully saturated rings. The number of ether oxygens (including phenoxy) is 1. The van der Waals surface area contributed by atoms with Crippen molar-refractivity contribution in [3.8, 4) is 0 Å². The lowest BCUT2D eigenvalue weighted by Gasteiger charge is -2.43. The van der Waals surface area contributed by atoms with Crippen molar-refractivity contribution >= 4 is 23.8 Å². The number of rotatable bonds is 9. The average Bonchev–Trinajstić information content (AvgIpc) is 2.80. The summed E-state index contributed by atoms with van der Waals surface area (Å²) in [6.07, 6.45) is -1.33. The van der Waals surface area contributed by atoms with Crippen LogP contribution in [0.3, 0.4) is 0 Å². The normalized spacial score (nSPS) is 13.1. The molecule has 2 atom stereocenters. The fourth-order valence-corrected chi connectivity index (χ4v) is 4.10. The second-order valence-corrected chi connectivity index (χ2v) is 11.7. The summed E-state index contributed by atoms with van der Waals surface area (Å²) < 4.78 is 5.32. The van der Waals surface area contributed by atoms with Crippen LogP contribution in [0, 0.1) is 13.8 Å². The number of hydrogen-bond donors (Lipinski definition) is 3. The third-order valence-corrected chi connectivity index (χ3v) is 6.02. The summed E-state index contributed by atoms with van der Waals surface area (Å²) in [7, 11) is 0. The number of hydrogen-bond acceptors (Lipinski definition) is 5. The molecule has 0 spiro atoms. The molecule has 2 aromatic rings. The number of carbonyl (C=O) groups is 4. The van der Waals surface area contributed by atoms with Gasteiger partial charge >= 0.3 is 6.09 Å². The zero-order chi connectivity index (χ0) is 29.5. The smallest absolute Gasteiger partial charge is 0.408 e. The fraction of sp³-hybridized carbons (Fsp3) is 0.467. The lowest BCUT2D eigenvalue weighted by atomic mass is 9.93. The van der Waals surface area contributed by atoms with Crippen molar-refractivity contribution in [3.63, 3.8) is 0 Å². The quantitative estimate of drug-likeness (QED) is 0.443. The van der Waals surface area contributed by atoms with E-state index in [-0.39, 0.29) is 6.54 Å². The van der Waals surface area contributed by atoms with Gasteiger partial charge in [0.15, 0.2) is 0 Å². The molecule has 0 saturated heterocycles. The van der Waals surface area contributed by atoms with E-state index in [1.165, 1.54) is 4.90 Å². The predicted molar refractivity (Wildman–Crippen MR) is 151 cm³/mol. The van der Waals surface area contributed by atoms with Crippen LogP contribution in [-0.2, 0) is 25.7 Å². The number of carbonyl (C=O) groups excluding carboxylic acids is 4. The van der Waals surface area contributed by atoms with Crippen molar-refractivity contribution in [2.45, 2.75) is 91.6 Å². The van der Waals surface area contributed by atoms with Crippen molar-refractivity contribution < 1.29 is 23.9 Å². The van der Waals surface area contributed by atoms with Crippen LogP contribution in [0.15, 0.2) is 48.5 Å². The minimum Gasteiger partial charge on any atom is -0.444 e. The highest BCUT2D eigenvalue weighted by Crippen LogP contribution is 2.31. The SMILES string of the molecule is Cc1ccc(C(C(=O)NCc2ccccc2)N(C(=O)C(CC(N)=O)NC(=O)OC(C)(C)C)C(C)(C)C)cc1C. The number of nitrogens with zero attached hydrogens (tertiary/aromatic N) is 1. The first-order valence-electron chi connectivity index (χ1n) is 13.0. The molecule has 2 unspecified atom stereocenters. The second-order valence-electron chi connectivity index (χ2n) is 11.7. The molecule has 0 aliphatic carbocycles. The number of aryl methyl sites for hydroxylation is 2. The lowest BCUT2D eigenvalue weighted by Crippen LogP contribution is -2.59. The summed E-state index contributed by atoms with van der Waals surface area (Å²) in [6, 6.07) is 12.6. The summed E-state index contributed by atoms with van der Waals surface area (Å²) >= 11 is 0. The van der Waals surface area contributed by atoms with E-state index >= 15 is 0 Å². The van der Waals surface area contributed by atoms with Crippen LogP contribution in [0.2, 0.25) is 0 Å². The Morgan fingerprint density at radius 3 is 2.05 bits per heavy atom. The van der Waals surface area contributed by atoms with Gasteiger partial charge in [-0.1, -0.05) is 48.5 Å². The zero-order valence-corrected chi connectivity index (χ0v) is 24.3. The largest absolute Gasteiger partial charge is 0.444 e. The van der Waals surface area contributed by atoms with Gasteiger partial charge in [0.05, 0.1) is 6.42 Å². The lowest BCUT2D eigenvalue weighted by molar-refractivity contribution is -0.149. The molecular weight excluding hydrogens is 496 g/mol. The minimum absolute atomic E-state index is 0.258. The maximum Gasteiger partial charge on any atom is 0.408 e. The van der Waals surface area contributed by atoms with E-state index in [0.717, 1.165) is 16.7 Å². The van der Waals surface area contributed by atoms with E-state index in [4.69, 9.17) is 10.5 Å². The van der Waals surface area contributed by atoms with Gasteiger partial charge in [0.25, 0.3) is 0 Å². The van der Waals surface area contributed by atoms with Crippen molar-refractivity contribution in [3.05, 3.63) is 70.8 Å². The number of nitrogens with two attached hydrogens (primary N) is 1. The number of alkyl carbamates (subject to hydrolysis) is 1. The van der Waals surface area contributed by atoms with Gasteiger partial charge in [-0.05, 0) is 77.6 Å². The molecule has 0 radical (unpaired) electrons. The molecule has 4 amide bonds.